The molecule has 31 heavy (non-hydrogen) atoms. The first-order chi connectivity index (χ1) is 15.2. The Morgan fingerprint density at radius 3 is 2.52 bits per heavy atom. The van der Waals surface area contributed by atoms with Crippen molar-refractivity contribution in [3.8, 4) is 0 Å². The molecule has 0 aliphatic rings. The van der Waals surface area contributed by atoms with Crippen LogP contribution in [0.1, 0.15) is 17.0 Å². The fourth-order valence-electron chi connectivity index (χ4n) is 4.10. The average Bonchev–Trinajstić information content (AvgIpc) is 3.12. The summed E-state index contributed by atoms with van der Waals surface area (Å²) in [5, 5.41) is 5.47. The number of amides is 1. The SMILES string of the molecule is Cc1ccccc1NC(=O)Cn1c(Cc2cccc3ccccc23)nc2ccccc21. The number of benzene rings is 4. The van der Waals surface area contributed by atoms with Gasteiger partial charge in [0.1, 0.15) is 12.4 Å². The topological polar surface area (TPSA) is 46.9 Å². The van der Waals surface area contributed by atoms with Gasteiger partial charge in [-0.05, 0) is 47.0 Å². The summed E-state index contributed by atoms with van der Waals surface area (Å²) >= 11 is 0. The van der Waals surface area contributed by atoms with E-state index in [9.17, 15) is 4.79 Å². The smallest absolute Gasteiger partial charge is 0.244 e. The van der Waals surface area contributed by atoms with Crippen LogP contribution in [0.4, 0.5) is 5.69 Å². The number of carbonyl (C=O) groups excluding carboxylic acids is 1. The molecule has 0 saturated heterocycles. The van der Waals surface area contributed by atoms with E-state index in [-0.39, 0.29) is 12.5 Å². The minimum Gasteiger partial charge on any atom is -0.324 e. The van der Waals surface area contributed by atoms with Crippen LogP contribution in [0.25, 0.3) is 21.8 Å². The molecule has 1 amide bonds. The lowest BCUT2D eigenvalue weighted by Crippen LogP contribution is -2.20. The van der Waals surface area contributed by atoms with Gasteiger partial charge in [-0.1, -0.05) is 72.8 Å². The predicted molar refractivity (Wildman–Crippen MR) is 126 cm³/mol. The lowest BCUT2D eigenvalue weighted by molar-refractivity contribution is -0.116. The van der Waals surface area contributed by atoms with Crippen LogP contribution in [-0.2, 0) is 17.8 Å². The van der Waals surface area contributed by atoms with Gasteiger partial charge in [0.25, 0.3) is 0 Å². The Balaban J connectivity index is 1.51. The van der Waals surface area contributed by atoms with Gasteiger partial charge in [-0.15, -0.1) is 0 Å². The fourth-order valence-corrected chi connectivity index (χ4v) is 4.10. The molecule has 0 saturated carbocycles. The molecule has 5 rings (SSSR count). The first-order valence-electron chi connectivity index (χ1n) is 10.5. The third kappa shape index (κ3) is 3.80. The largest absolute Gasteiger partial charge is 0.324 e. The molecule has 0 fully saturated rings. The van der Waals surface area contributed by atoms with E-state index in [4.69, 9.17) is 4.98 Å². The van der Waals surface area contributed by atoms with Crippen LogP contribution in [-0.4, -0.2) is 15.5 Å². The second-order valence-corrected chi connectivity index (χ2v) is 7.78. The zero-order valence-electron chi connectivity index (χ0n) is 17.4. The number of aromatic nitrogens is 2. The van der Waals surface area contributed by atoms with Crippen molar-refractivity contribution in [1.29, 1.82) is 0 Å². The molecule has 152 valence electrons. The van der Waals surface area contributed by atoms with Crippen LogP contribution in [0.15, 0.2) is 91.0 Å². The van der Waals surface area contributed by atoms with Gasteiger partial charge in [-0.3, -0.25) is 4.79 Å². The number of rotatable bonds is 5. The van der Waals surface area contributed by atoms with Crippen LogP contribution in [0.2, 0.25) is 0 Å². The van der Waals surface area contributed by atoms with Crippen molar-refractivity contribution in [2.24, 2.45) is 0 Å². The van der Waals surface area contributed by atoms with Gasteiger partial charge >= 0.3 is 0 Å². The maximum absolute atomic E-state index is 12.9. The molecule has 0 unspecified atom stereocenters. The van der Waals surface area contributed by atoms with E-state index >= 15 is 0 Å². The van der Waals surface area contributed by atoms with Crippen LogP contribution >= 0.6 is 0 Å². The Bertz CT molecular complexity index is 1400. The monoisotopic (exact) mass is 405 g/mol. The summed E-state index contributed by atoms with van der Waals surface area (Å²) in [5.41, 5.74) is 4.96. The van der Waals surface area contributed by atoms with E-state index in [1.165, 1.54) is 16.3 Å². The van der Waals surface area contributed by atoms with Gasteiger partial charge in [0.2, 0.25) is 5.91 Å². The summed E-state index contributed by atoms with van der Waals surface area (Å²) in [6.45, 7) is 2.21. The number of para-hydroxylation sites is 3. The highest BCUT2D eigenvalue weighted by molar-refractivity contribution is 5.92. The molecule has 0 atom stereocenters. The fraction of sp³-hybridized carbons (Fsp3) is 0.111. The van der Waals surface area contributed by atoms with Gasteiger partial charge < -0.3 is 9.88 Å². The van der Waals surface area contributed by atoms with Crippen LogP contribution in [0.5, 0.6) is 0 Å². The maximum atomic E-state index is 12.9. The summed E-state index contributed by atoms with van der Waals surface area (Å²) in [4.78, 5) is 17.8. The quantitative estimate of drug-likeness (QED) is 0.406. The van der Waals surface area contributed by atoms with E-state index in [0.717, 1.165) is 28.1 Å². The van der Waals surface area contributed by atoms with Crippen molar-refractivity contribution in [2.75, 3.05) is 5.32 Å². The van der Waals surface area contributed by atoms with Gasteiger partial charge in [0, 0.05) is 12.1 Å². The minimum atomic E-state index is -0.0587. The lowest BCUT2D eigenvalue weighted by atomic mass is 10.0. The summed E-state index contributed by atoms with van der Waals surface area (Å²) in [6.07, 6.45) is 0.660. The predicted octanol–water partition coefficient (Wildman–Crippen LogP) is 5.73. The molecular weight excluding hydrogens is 382 g/mol. The Kier molecular flexibility index (Phi) is 4.97. The number of nitrogens with zero attached hydrogens (tertiary/aromatic N) is 2. The molecular formula is C27H23N3O. The molecule has 4 aromatic carbocycles. The summed E-state index contributed by atoms with van der Waals surface area (Å²) in [7, 11) is 0. The molecule has 0 bridgehead atoms. The number of fused-ring (bicyclic) bond motifs is 2. The number of nitrogens with one attached hydrogen (secondary N) is 1. The molecule has 0 aliphatic heterocycles. The molecule has 1 heterocycles. The molecule has 4 heteroatoms. The zero-order valence-corrected chi connectivity index (χ0v) is 17.4. The standard InChI is InChI=1S/C27H23N3O/c1-19-9-2-5-14-23(19)29-27(31)18-30-25-16-7-6-15-24(25)28-26(30)17-21-12-8-11-20-10-3-4-13-22(20)21/h2-16H,17-18H2,1H3,(H,29,31). The highest BCUT2D eigenvalue weighted by atomic mass is 16.1. The summed E-state index contributed by atoms with van der Waals surface area (Å²) < 4.78 is 2.03. The summed E-state index contributed by atoms with van der Waals surface area (Å²) in [6, 6.07) is 30.5. The zero-order chi connectivity index (χ0) is 21.2. The highest BCUT2D eigenvalue weighted by Gasteiger charge is 2.15. The Morgan fingerprint density at radius 2 is 1.61 bits per heavy atom. The van der Waals surface area contributed by atoms with E-state index in [0.29, 0.717) is 6.42 Å². The number of carbonyl (C=O) groups is 1. The Labute approximate surface area is 181 Å². The van der Waals surface area contributed by atoms with Crippen molar-refractivity contribution in [1.82, 2.24) is 9.55 Å². The molecule has 1 aromatic heterocycles. The van der Waals surface area contributed by atoms with E-state index in [1.807, 2.05) is 60.0 Å². The first kappa shape index (κ1) is 19.1. The molecule has 0 spiro atoms. The lowest BCUT2D eigenvalue weighted by Gasteiger charge is -2.12. The van der Waals surface area contributed by atoms with E-state index < -0.39 is 0 Å². The van der Waals surface area contributed by atoms with Crippen LogP contribution in [0.3, 0.4) is 0 Å². The number of hydrogen-bond acceptors (Lipinski definition) is 2. The van der Waals surface area contributed by atoms with Gasteiger partial charge in [-0.2, -0.15) is 0 Å². The van der Waals surface area contributed by atoms with Gasteiger partial charge in [0.15, 0.2) is 0 Å². The highest BCUT2D eigenvalue weighted by Crippen LogP contribution is 2.24. The maximum Gasteiger partial charge on any atom is 0.244 e. The molecule has 1 N–H and O–H groups in total. The number of hydrogen-bond donors (Lipinski definition) is 1. The average molecular weight is 406 g/mol. The molecule has 0 radical (unpaired) electrons. The van der Waals surface area contributed by atoms with Crippen molar-refractivity contribution < 1.29 is 4.79 Å². The normalized spacial score (nSPS) is 11.1. The van der Waals surface area contributed by atoms with Crippen molar-refractivity contribution >= 4 is 33.4 Å². The van der Waals surface area contributed by atoms with Crippen molar-refractivity contribution in [3.05, 3.63) is 108 Å². The third-order valence-corrected chi connectivity index (χ3v) is 5.68. The second-order valence-electron chi connectivity index (χ2n) is 7.78. The van der Waals surface area contributed by atoms with Gasteiger partial charge in [0.05, 0.1) is 11.0 Å². The number of anilines is 1. The Morgan fingerprint density at radius 1 is 0.871 bits per heavy atom. The molecule has 4 nitrogen and oxygen atoms in total. The molecule has 0 aliphatic carbocycles. The van der Waals surface area contributed by atoms with Crippen LogP contribution < -0.4 is 5.32 Å². The van der Waals surface area contributed by atoms with E-state index in [1.54, 1.807) is 0 Å². The van der Waals surface area contributed by atoms with Crippen molar-refractivity contribution in [2.45, 2.75) is 19.9 Å². The minimum absolute atomic E-state index is 0.0587. The second kappa shape index (κ2) is 8.07. The summed E-state index contributed by atoms with van der Waals surface area (Å²) in [5.74, 6) is 0.828. The third-order valence-electron chi connectivity index (χ3n) is 5.68. The Hall–Kier alpha value is -3.92. The number of imidazole rings is 1. The number of aryl methyl sites for hydroxylation is 1. The van der Waals surface area contributed by atoms with E-state index in [2.05, 4.69) is 47.8 Å². The van der Waals surface area contributed by atoms with Crippen molar-refractivity contribution in [3.63, 3.8) is 0 Å². The van der Waals surface area contributed by atoms with Gasteiger partial charge in [-0.25, -0.2) is 4.98 Å². The van der Waals surface area contributed by atoms with Crippen LogP contribution in [0, 0.1) is 6.92 Å². The molecule has 5 aromatic rings. The first-order valence-corrected chi connectivity index (χ1v) is 10.5.